The van der Waals surface area contributed by atoms with Crippen molar-refractivity contribution in [2.45, 2.75) is 26.7 Å². The van der Waals surface area contributed by atoms with Crippen LogP contribution < -0.4 is 28.7 Å². The summed E-state index contributed by atoms with van der Waals surface area (Å²) in [4.78, 5) is 27.3. The van der Waals surface area contributed by atoms with Gasteiger partial charge in [-0.3, -0.25) is 9.59 Å². The van der Waals surface area contributed by atoms with Crippen LogP contribution in [-0.2, 0) is 9.59 Å². The van der Waals surface area contributed by atoms with Crippen LogP contribution in [0.3, 0.4) is 0 Å². The maximum atomic E-state index is 12.1. The molecule has 0 aromatic heterocycles. The minimum absolute atomic E-state index is 0.0976. The summed E-state index contributed by atoms with van der Waals surface area (Å²) < 4.78 is 21.0. The van der Waals surface area contributed by atoms with Gasteiger partial charge in [0.05, 0.1) is 19.9 Å². The van der Waals surface area contributed by atoms with Crippen LogP contribution >= 0.6 is 0 Å². The third-order valence-electron chi connectivity index (χ3n) is 6.40. The molecule has 3 aliphatic heterocycles. The molecule has 0 unspecified atom stereocenters. The first-order valence-electron chi connectivity index (χ1n) is 11.2. The van der Waals surface area contributed by atoms with Gasteiger partial charge in [-0.1, -0.05) is 13.8 Å². The highest BCUT2D eigenvalue weighted by Gasteiger charge is 2.35. The van der Waals surface area contributed by atoms with Crippen molar-refractivity contribution in [1.82, 2.24) is 0 Å². The minimum Gasteiger partial charge on any atom is -0.497 e. The Bertz CT molecular complexity index is 1040. The van der Waals surface area contributed by atoms with E-state index in [2.05, 4.69) is 6.92 Å². The predicted octanol–water partition coefficient (Wildman–Crippen LogP) is 3.86. The summed E-state index contributed by atoms with van der Waals surface area (Å²) in [7, 11) is 3.21. The molecule has 0 aliphatic carbocycles. The molecule has 3 heterocycles. The van der Waals surface area contributed by atoms with Gasteiger partial charge in [0.25, 0.3) is 0 Å². The number of rotatable bonds is 4. The fourth-order valence-corrected chi connectivity index (χ4v) is 4.22. The molecule has 2 aromatic rings. The molecule has 0 spiro atoms. The van der Waals surface area contributed by atoms with Gasteiger partial charge in [0.2, 0.25) is 18.6 Å². The maximum Gasteiger partial charge on any atom is 0.231 e. The van der Waals surface area contributed by atoms with Gasteiger partial charge in [-0.15, -0.1) is 0 Å². The fraction of sp³-hybridized carbons (Fsp3) is 0.440. The lowest BCUT2D eigenvalue weighted by Gasteiger charge is -2.19. The van der Waals surface area contributed by atoms with Crippen LogP contribution in [0.2, 0.25) is 0 Å². The third-order valence-corrected chi connectivity index (χ3v) is 6.40. The van der Waals surface area contributed by atoms with Crippen LogP contribution in [0.15, 0.2) is 36.4 Å². The van der Waals surface area contributed by atoms with Crippen molar-refractivity contribution >= 4 is 23.2 Å². The second-order valence-corrected chi connectivity index (χ2v) is 8.44. The van der Waals surface area contributed by atoms with Crippen LogP contribution in [0, 0.1) is 11.8 Å². The first-order valence-corrected chi connectivity index (χ1v) is 11.2. The van der Waals surface area contributed by atoms with E-state index in [0.29, 0.717) is 18.1 Å². The van der Waals surface area contributed by atoms with E-state index in [1.807, 2.05) is 48.2 Å². The molecule has 0 bridgehead atoms. The average molecular weight is 455 g/mol. The molecule has 3 aliphatic rings. The molecule has 33 heavy (non-hydrogen) atoms. The Morgan fingerprint density at radius 3 is 2.36 bits per heavy atom. The molecular formula is C25H30N2O6. The number of amides is 2. The number of anilines is 2. The fourth-order valence-electron chi connectivity index (χ4n) is 4.22. The predicted molar refractivity (Wildman–Crippen MR) is 124 cm³/mol. The standard InChI is InChI=1S/C13H15NO3.C12H15NO3/c1-8-6-14(13(15)9(8)2)10-3-4-11-12(5-10)17-7-16-11;1-15-9-5-6-11(16-2)10(8-9)13-7-3-4-12(13)14/h3-5,8-9H,6-7H2,1-2H3;5-6,8H,3-4,7H2,1-2H3/t8-,9+;/m1./s1. The van der Waals surface area contributed by atoms with E-state index in [9.17, 15) is 9.59 Å². The Hall–Kier alpha value is -3.42. The topological polar surface area (TPSA) is 77.5 Å². The van der Waals surface area contributed by atoms with Crippen LogP contribution in [-0.4, -0.2) is 45.9 Å². The van der Waals surface area contributed by atoms with E-state index in [4.69, 9.17) is 18.9 Å². The summed E-state index contributed by atoms with van der Waals surface area (Å²) >= 11 is 0. The molecule has 0 saturated carbocycles. The second-order valence-electron chi connectivity index (χ2n) is 8.44. The first-order chi connectivity index (χ1) is 15.9. The molecule has 0 N–H and O–H groups in total. The second kappa shape index (κ2) is 9.60. The minimum atomic E-state index is 0.0976. The zero-order chi connectivity index (χ0) is 23.5. The maximum absolute atomic E-state index is 12.1. The Balaban J connectivity index is 0.000000157. The number of carbonyl (C=O) groups excluding carboxylic acids is 2. The van der Waals surface area contributed by atoms with Crippen molar-refractivity contribution in [3.05, 3.63) is 36.4 Å². The lowest BCUT2D eigenvalue weighted by Crippen LogP contribution is -2.25. The smallest absolute Gasteiger partial charge is 0.231 e. The number of methoxy groups -OCH3 is 2. The molecule has 2 atom stereocenters. The number of nitrogens with zero attached hydrogens (tertiary/aromatic N) is 2. The van der Waals surface area contributed by atoms with Gasteiger partial charge in [-0.25, -0.2) is 0 Å². The van der Waals surface area contributed by atoms with Gasteiger partial charge in [-0.2, -0.15) is 0 Å². The van der Waals surface area contributed by atoms with E-state index < -0.39 is 0 Å². The zero-order valence-electron chi connectivity index (χ0n) is 19.5. The first kappa shape index (κ1) is 22.8. The van der Waals surface area contributed by atoms with Crippen molar-refractivity contribution in [2.75, 3.05) is 43.9 Å². The van der Waals surface area contributed by atoms with Crippen LogP contribution in [0.25, 0.3) is 0 Å². The van der Waals surface area contributed by atoms with Gasteiger partial charge >= 0.3 is 0 Å². The summed E-state index contributed by atoms with van der Waals surface area (Å²) in [6.07, 6.45) is 1.51. The zero-order valence-corrected chi connectivity index (χ0v) is 19.5. The van der Waals surface area contributed by atoms with Crippen molar-refractivity contribution in [2.24, 2.45) is 11.8 Å². The quantitative estimate of drug-likeness (QED) is 0.698. The van der Waals surface area contributed by atoms with E-state index in [1.165, 1.54) is 0 Å². The van der Waals surface area contributed by atoms with E-state index >= 15 is 0 Å². The highest BCUT2D eigenvalue weighted by molar-refractivity contribution is 5.98. The lowest BCUT2D eigenvalue weighted by atomic mass is 10.0. The van der Waals surface area contributed by atoms with Gasteiger partial charge in [0.1, 0.15) is 11.5 Å². The Kier molecular flexibility index (Phi) is 6.62. The molecule has 2 fully saturated rings. The molecule has 8 heteroatoms. The van der Waals surface area contributed by atoms with E-state index in [1.54, 1.807) is 19.1 Å². The van der Waals surface area contributed by atoms with Gasteiger partial charge in [-0.05, 0) is 36.6 Å². The molecule has 2 saturated heterocycles. The summed E-state index contributed by atoms with van der Waals surface area (Å²) in [5.74, 6) is 3.74. The summed E-state index contributed by atoms with van der Waals surface area (Å²) in [6.45, 7) is 5.89. The number of benzene rings is 2. The normalized spacial score (nSPS) is 21.2. The van der Waals surface area contributed by atoms with Crippen LogP contribution in [0.1, 0.15) is 26.7 Å². The lowest BCUT2D eigenvalue weighted by molar-refractivity contribution is -0.120. The van der Waals surface area contributed by atoms with Gasteiger partial charge < -0.3 is 28.7 Å². The van der Waals surface area contributed by atoms with Gasteiger partial charge in [0.15, 0.2) is 11.5 Å². The monoisotopic (exact) mass is 454 g/mol. The van der Waals surface area contributed by atoms with E-state index in [0.717, 1.165) is 48.1 Å². The van der Waals surface area contributed by atoms with Crippen LogP contribution in [0.5, 0.6) is 23.0 Å². The Labute approximate surface area is 194 Å². The molecule has 8 nitrogen and oxygen atoms in total. The highest BCUT2D eigenvalue weighted by atomic mass is 16.7. The van der Waals surface area contributed by atoms with Crippen molar-refractivity contribution in [1.29, 1.82) is 0 Å². The number of fused-ring (bicyclic) bond motifs is 1. The number of ether oxygens (including phenoxy) is 4. The van der Waals surface area contributed by atoms with Crippen LogP contribution in [0.4, 0.5) is 11.4 Å². The largest absolute Gasteiger partial charge is 0.497 e. The van der Waals surface area contributed by atoms with Crippen molar-refractivity contribution in [3.8, 4) is 23.0 Å². The molecule has 2 amide bonds. The molecule has 2 aromatic carbocycles. The number of hydrogen-bond donors (Lipinski definition) is 0. The van der Waals surface area contributed by atoms with Crippen molar-refractivity contribution in [3.63, 3.8) is 0 Å². The van der Waals surface area contributed by atoms with E-state index in [-0.39, 0.29) is 24.5 Å². The van der Waals surface area contributed by atoms with Gasteiger partial charge in [0, 0.05) is 43.2 Å². The Morgan fingerprint density at radius 2 is 1.73 bits per heavy atom. The molecular weight excluding hydrogens is 424 g/mol. The molecule has 176 valence electrons. The number of hydrogen-bond acceptors (Lipinski definition) is 6. The average Bonchev–Trinajstić information content (AvgIpc) is 3.54. The van der Waals surface area contributed by atoms with Crippen molar-refractivity contribution < 1.29 is 28.5 Å². The summed E-state index contributed by atoms with van der Waals surface area (Å²) in [6, 6.07) is 11.1. The summed E-state index contributed by atoms with van der Waals surface area (Å²) in [5.41, 5.74) is 1.69. The molecule has 0 radical (unpaired) electrons. The third kappa shape index (κ3) is 4.55. The molecule has 5 rings (SSSR count). The number of carbonyl (C=O) groups is 2. The highest BCUT2D eigenvalue weighted by Crippen LogP contribution is 2.38. The summed E-state index contributed by atoms with van der Waals surface area (Å²) in [5, 5.41) is 0. The Morgan fingerprint density at radius 1 is 0.939 bits per heavy atom. The SMILES string of the molecule is COc1ccc(OC)c(N2CCCC2=O)c1.C[C@@H]1CN(c2ccc3c(c2)OCO3)C(=O)[C@H]1C.